The standard InChI is InChI=1S/C16H12N2O2S2/c19-16(20)10-4-1-2-6-12(10)22-15-13-9-5-3-7-11(9)21-14(13)17-8-18-15/h1-2,4,6,8H,3,5,7H2,(H,19,20)/p-1. The predicted octanol–water partition coefficient (Wildman–Crippen LogP) is 2.69. The highest BCUT2D eigenvalue weighted by molar-refractivity contribution is 7.99. The molecule has 1 aromatic carbocycles. The lowest BCUT2D eigenvalue weighted by Crippen LogP contribution is -2.22. The summed E-state index contributed by atoms with van der Waals surface area (Å²) in [6.45, 7) is 0. The average molecular weight is 327 g/mol. The number of carboxylic acid groups (broad SMARTS) is 1. The van der Waals surface area contributed by atoms with Crippen LogP contribution in [0.2, 0.25) is 0 Å². The smallest absolute Gasteiger partial charge is 0.128 e. The molecule has 0 saturated heterocycles. The summed E-state index contributed by atoms with van der Waals surface area (Å²) in [6, 6.07) is 6.88. The zero-order chi connectivity index (χ0) is 15.1. The quantitative estimate of drug-likeness (QED) is 0.692. The number of nitrogens with zero attached hydrogens (tertiary/aromatic N) is 2. The van der Waals surface area contributed by atoms with Gasteiger partial charge >= 0.3 is 0 Å². The van der Waals surface area contributed by atoms with E-state index in [-0.39, 0.29) is 5.56 Å². The molecule has 22 heavy (non-hydrogen) atoms. The highest BCUT2D eigenvalue weighted by Gasteiger charge is 2.21. The van der Waals surface area contributed by atoms with E-state index in [2.05, 4.69) is 9.97 Å². The molecule has 0 unspecified atom stereocenters. The van der Waals surface area contributed by atoms with E-state index in [1.807, 2.05) is 6.07 Å². The van der Waals surface area contributed by atoms with Gasteiger partial charge in [0.15, 0.2) is 0 Å². The van der Waals surface area contributed by atoms with Gasteiger partial charge in [-0.2, -0.15) is 0 Å². The Morgan fingerprint density at radius 1 is 1.23 bits per heavy atom. The highest BCUT2D eigenvalue weighted by Crippen LogP contribution is 2.42. The van der Waals surface area contributed by atoms with Crippen LogP contribution in [0.25, 0.3) is 10.2 Å². The molecule has 6 heteroatoms. The lowest BCUT2D eigenvalue weighted by molar-refractivity contribution is -0.255. The summed E-state index contributed by atoms with van der Waals surface area (Å²) in [6.07, 6.45) is 4.89. The summed E-state index contributed by atoms with van der Waals surface area (Å²) in [5.74, 6) is -1.16. The van der Waals surface area contributed by atoms with Gasteiger partial charge in [-0.3, -0.25) is 0 Å². The molecule has 110 valence electrons. The van der Waals surface area contributed by atoms with Gasteiger partial charge in [-0.15, -0.1) is 11.3 Å². The number of hydrogen-bond donors (Lipinski definition) is 0. The average Bonchev–Trinajstić information content (AvgIpc) is 3.08. The number of rotatable bonds is 3. The Balaban J connectivity index is 1.84. The molecule has 2 heterocycles. The lowest BCUT2D eigenvalue weighted by atomic mass is 10.2. The van der Waals surface area contributed by atoms with Crippen LogP contribution in [-0.4, -0.2) is 15.9 Å². The van der Waals surface area contributed by atoms with Crippen LogP contribution in [-0.2, 0) is 12.8 Å². The van der Waals surface area contributed by atoms with Gasteiger partial charge in [0.2, 0.25) is 0 Å². The molecule has 0 radical (unpaired) electrons. The van der Waals surface area contributed by atoms with E-state index in [1.54, 1.807) is 35.9 Å². The molecular formula is C16H11N2O2S2-. The molecule has 0 spiro atoms. The Bertz CT molecular complexity index is 889. The van der Waals surface area contributed by atoms with Crippen molar-refractivity contribution < 1.29 is 9.90 Å². The van der Waals surface area contributed by atoms with Crippen molar-refractivity contribution in [3.63, 3.8) is 0 Å². The highest BCUT2D eigenvalue weighted by atomic mass is 32.2. The number of carbonyl (C=O) groups excluding carboxylic acids is 1. The van der Waals surface area contributed by atoms with Gasteiger partial charge in [-0.1, -0.05) is 30.0 Å². The molecule has 1 aliphatic carbocycles. The molecule has 0 N–H and O–H groups in total. The summed E-state index contributed by atoms with van der Waals surface area (Å²) < 4.78 is 0. The van der Waals surface area contributed by atoms with Crippen LogP contribution in [0.15, 0.2) is 40.5 Å². The fourth-order valence-electron chi connectivity index (χ4n) is 2.81. The Morgan fingerprint density at radius 2 is 2.09 bits per heavy atom. The minimum absolute atomic E-state index is 0.200. The third-order valence-electron chi connectivity index (χ3n) is 3.78. The van der Waals surface area contributed by atoms with E-state index in [1.165, 1.54) is 28.6 Å². The fraction of sp³-hybridized carbons (Fsp3) is 0.188. The van der Waals surface area contributed by atoms with Crippen LogP contribution in [0.5, 0.6) is 0 Å². The lowest BCUT2D eigenvalue weighted by Gasteiger charge is -2.10. The minimum Gasteiger partial charge on any atom is -0.545 e. The zero-order valence-electron chi connectivity index (χ0n) is 11.5. The molecule has 0 atom stereocenters. The van der Waals surface area contributed by atoms with Crippen LogP contribution in [0.1, 0.15) is 27.2 Å². The van der Waals surface area contributed by atoms with E-state index in [0.29, 0.717) is 4.90 Å². The predicted molar refractivity (Wildman–Crippen MR) is 84.3 cm³/mol. The summed E-state index contributed by atoms with van der Waals surface area (Å²) in [7, 11) is 0. The van der Waals surface area contributed by atoms with Gasteiger partial charge in [0.25, 0.3) is 0 Å². The largest absolute Gasteiger partial charge is 0.545 e. The molecule has 1 aliphatic rings. The van der Waals surface area contributed by atoms with E-state index < -0.39 is 5.97 Å². The van der Waals surface area contributed by atoms with Crippen molar-refractivity contribution in [2.75, 3.05) is 0 Å². The van der Waals surface area contributed by atoms with E-state index in [0.717, 1.165) is 28.1 Å². The molecule has 3 aromatic rings. The maximum atomic E-state index is 11.3. The number of benzene rings is 1. The van der Waals surface area contributed by atoms with Crippen molar-refractivity contribution in [3.8, 4) is 0 Å². The van der Waals surface area contributed by atoms with Gasteiger partial charge in [0.05, 0.1) is 5.97 Å². The van der Waals surface area contributed by atoms with Crippen LogP contribution < -0.4 is 5.11 Å². The van der Waals surface area contributed by atoms with Crippen molar-refractivity contribution >= 4 is 39.3 Å². The molecule has 2 aromatic heterocycles. The van der Waals surface area contributed by atoms with E-state index >= 15 is 0 Å². The summed E-state index contributed by atoms with van der Waals surface area (Å²) in [4.78, 5) is 23.1. The van der Waals surface area contributed by atoms with Crippen molar-refractivity contribution in [3.05, 3.63) is 46.6 Å². The topological polar surface area (TPSA) is 65.9 Å². The Morgan fingerprint density at radius 3 is 2.95 bits per heavy atom. The number of aromatic nitrogens is 2. The molecule has 0 saturated carbocycles. The van der Waals surface area contributed by atoms with E-state index in [9.17, 15) is 9.90 Å². The number of carboxylic acids is 1. The number of fused-ring (bicyclic) bond motifs is 3. The van der Waals surface area contributed by atoms with Gasteiger partial charge in [-0.25, -0.2) is 9.97 Å². The molecule has 4 rings (SSSR count). The molecule has 4 nitrogen and oxygen atoms in total. The van der Waals surface area contributed by atoms with Crippen molar-refractivity contribution in [1.29, 1.82) is 0 Å². The first-order chi connectivity index (χ1) is 10.7. The minimum atomic E-state index is -1.16. The second kappa shape index (κ2) is 5.37. The number of aromatic carboxylic acids is 1. The third-order valence-corrected chi connectivity index (χ3v) is 6.06. The van der Waals surface area contributed by atoms with Gasteiger partial charge in [-0.05, 0) is 30.9 Å². The number of aryl methyl sites for hydroxylation is 2. The number of carbonyl (C=O) groups is 1. The molecular weight excluding hydrogens is 316 g/mol. The van der Waals surface area contributed by atoms with Crippen LogP contribution in [0.3, 0.4) is 0 Å². The maximum Gasteiger partial charge on any atom is 0.128 e. The summed E-state index contributed by atoms with van der Waals surface area (Å²) in [5, 5.41) is 13.2. The van der Waals surface area contributed by atoms with Gasteiger partial charge in [0, 0.05) is 20.7 Å². The monoisotopic (exact) mass is 327 g/mol. The Labute approximate surface area is 135 Å². The maximum absolute atomic E-state index is 11.3. The van der Waals surface area contributed by atoms with Gasteiger partial charge < -0.3 is 9.90 Å². The zero-order valence-corrected chi connectivity index (χ0v) is 13.2. The van der Waals surface area contributed by atoms with Crippen LogP contribution >= 0.6 is 23.1 Å². The molecule has 0 fully saturated rings. The second-order valence-corrected chi connectivity index (χ2v) is 7.22. The molecule has 0 amide bonds. The van der Waals surface area contributed by atoms with Gasteiger partial charge in [0.1, 0.15) is 16.2 Å². The van der Waals surface area contributed by atoms with Crippen molar-refractivity contribution in [2.45, 2.75) is 29.2 Å². The number of thiophene rings is 1. The van der Waals surface area contributed by atoms with E-state index in [4.69, 9.17) is 0 Å². The Kier molecular flexibility index (Phi) is 3.35. The first-order valence-corrected chi connectivity index (χ1v) is 8.61. The SMILES string of the molecule is O=C([O-])c1ccccc1Sc1ncnc2sc3c(c12)CCC3. The Hall–Kier alpha value is -1.92. The fourth-order valence-corrected chi connectivity index (χ4v) is 5.14. The normalized spacial score (nSPS) is 13.5. The van der Waals surface area contributed by atoms with Crippen molar-refractivity contribution in [1.82, 2.24) is 9.97 Å². The van der Waals surface area contributed by atoms with Crippen molar-refractivity contribution in [2.24, 2.45) is 0 Å². The molecule has 0 aliphatic heterocycles. The summed E-state index contributed by atoms with van der Waals surface area (Å²) >= 11 is 3.11. The second-order valence-electron chi connectivity index (χ2n) is 5.10. The number of hydrogen-bond acceptors (Lipinski definition) is 6. The molecule has 0 bridgehead atoms. The first kappa shape index (κ1) is 13.7. The third kappa shape index (κ3) is 2.19. The van der Waals surface area contributed by atoms with Crippen LogP contribution in [0, 0.1) is 0 Å². The van der Waals surface area contributed by atoms with Crippen LogP contribution in [0.4, 0.5) is 0 Å². The first-order valence-electron chi connectivity index (χ1n) is 6.97. The summed E-state index contributed by atoms with van der Waals surface area (Å²) in [5.41, 5.74) is 1.54.